The van der Waals surface area contributed by atoms with Crippen molar-refractivity contribution in [3.8, 4) is 5.88 Å². The molecule has 0 atom stereocenters. The number of Topliss-reactive ketones (excluding diaryl/α,β-unsaturated/α-hetero) is 1. The Morgan fingerprint density at radius 3 is 2.89 bits per heavy atom. The van der Waals surface area contributed by atoms with Crippen LogP contribution in [-0.4, -0.2) is 43.9 Å². The minimum absolute atomic E-state index is 0.0544. The third kappa shape index (κ3) is 3.02. The van der Waals surface area contributed by atoms with Crippen molar-refractivity contribution in [1.29, 1.82) is 0 Å². The van der Waals surface area contributed by atoms with Crippen LogP contribution in [0.1, 0.15) is 24.2 Å². The molecule has 102 valence electrons. The van der Waals surface area contributed by atoms with Gasteiger partial charge in [0.15, 0.2) is 5.78 Å². The van der Waals surface area contributed by atoms with Crippen LogP contribution < -0.4 is 4.74 Å². The first kappa shape index (κ1) is 13.8. The highest BCUT2D eigenvalue weighted by Crippen LogP contribution is 2.26. The number of hydrogen-bond acceptors (Lipinski definition) is 5. The van der Waals surface area contributed by atoms with E-state index in [1.165, 1.54) is 12.5 Å². The zero-order valence-corrected chi connectivity index (χ0v) is 11.4. The standard InChI is InChI=1S/C12H14ClN3O3/c1-12(2,18)5-19-11-9-7(8(17)3-13)4-14-10(9)15-6-16-11/h4,6,18H,3,5H2,1-2H3,(H,14,15,16). The summed E-state index contributed by atoms with van der Waals surface area (Å²) in [6.07, 6.45) is 2.86. The number of nitrogens with zero attached hydrogens (tertiary/aromatic N) is 2. The molecule has 2 rings (SSSR count). The first-order valence-electron chi connectivity index (χ1n) is 5.69. The Kier molecular flexibility index (Phi) is 3.73. The van der Waals surface area contributed by atoms with Crippen LogP contribution in [0.5, 0.6) is 5.88 Å². The largest absolute Gasteiger partial charge is 0.474 e. The van der Waals surface area contributed by atoms with Crippen molar-refractivity contribution in [2.45, 2.75) is 19.4 Å². The van der Waals surface area contributed by atoms with Crippen LogP contribution in [0.4, 0.5) is 0 Å². The van der Waals surface area contributed by atoms with Crippen molar-refractivity contribution in [3.05, 3.63) is 18.1 Å². The van der Waals surface area contributed by atoms with E-state index in [2.05, 4.69) is 15.0 Å². The average molecular weight is 284 g/mol. The summed E-state index contributed by atoms with van der Waals surface area (Å²) in [5.74, 6) is -0.120. The van der Waals surface area contributed by atoms with Crippen molar-refractivity contribution >= 4 is 28.4 Å². The van der Waals surface area contributed by atoms with Gasteiger partial charge in [-0.1, -0.05) is 0 Å². The SMILES string of the molecule is CC(C)(O)COc1ncnc2[nH]cc(C(=O)CCl)c12. The van der Waals surface area contributed by atoms with Crippen molar-refractivity contribution in [1.82, 2.24) is 15.0 Å². The molecule has 0 spiro atoms. The molecule has 0 aromatic carbocycles. The van der Waals surface area contributed by atoms with E-state index in [-0.39, 0.29) is 24.2 Å². The maximum absolute atomic E-state index is 11.7. The quantitative estimate of drug-likeness (QED) is 0.642. The number of aromatic amines is 1. The molecule has 2 heterocycles. The molecule has 7 heteroatoms. The van der Waals surface area contributed by atoms with Crippen molar-refractivity contribution in [2.24, 2.45) is 0 Å². The van der Waals surface area contributed by atoms with E-state index in [9.17, 15) is 9.90 Å². The van der Waals surface area contributed by atoms with Crippen LogP contribution in [0.15, 0.2) is 12.5 Å². The highest BCUT2D eigenvalue weighted by atomic mass is 35.5. The fraction of sp³-hybridized carbons (Fsp3) is 0.417. The number of ketones is 1. The van der Waals surface area contributed by atoms with Crippen LogP contribution in [0, 0.1) is 0 Å². The minimum Gasteiger partial charge on any atom is -0.474 e. The lowest BCUT2D eigenvalue weighted by atomic mass is 10.1. The second-order valence-electron chi connectivity index (χ2n) is 4.76. The summed E-state index contributed by atoms with van der Waals surface area (Å²) in [5, 5.41) is 10.1. The van der Waals surface area contributed by atoms with E-state index in [4.69, 9.17) is 16.3 Å². The first-order valence-corrected chi connectivity index (χ1v) is 6.22. The van der Waals surface area contributed by atoms with E-state index >= 15 is 0 Å². The summed E-state index contributed by atoms with van der Waals surface area (Å²) in [6, 6.07) is 0. The summed E-state index contributed by atoms with van der Waals surface area (Å²) in [4.78, 5) is 22.6. The highest BCUT2D eigenvalue weighted by Gasteiger charge is 2.19. The number of carbonyl (C=O) groups excluding carboxylic acids is 1. The van der Waals surface area contributed by atoms with Crippen LogP contribution in [-0.2, 0) is 0 Å². The molecule has 0 fully saturated rings. The molecule has 2 N–H and O–H groups in total. The molecule has 0 aliphatic rings. The lowest BCUT2D eigenvalue weighted by Crippen LogP contribution is -2.28. The predicted octanol–water partition coefficient (Wildman–Crippen LogP) is 1.53. The van der Waals surface area contributed by atoms with Gasteiger partial charge in [0.05, 0.1) is 22.4 Å². The molecule has 0 radical (unpaired) electrons. The first-order chi connectivity index (χ1) is 8.92. The fourth-order valence-electron chi connectivity index (χ4n) is 1.58. The van der Waals surface area contributed by atoms with Gasteiger partial charge in [-0.15, -0.1) is 11.6 Å². The Balaban J connectivity index is 2.43. The lowest BCUT2D eigenvalue weighted by molar-refractivity contribution is 0.0274. The van der Waals surface area contributed by atoms with Gasteiger partial charge in [-0.3, -0.25) is 4.79 Å². The van der Waals surface area contributed by atoms with Crippen LogP contribution >= 0.6 is 11.6 Å². The van der Waals surface area contributed by atoms with Gasteiger partial charge in [0.2, 0.25) is 5.88 Å². The average Bonchev–Trinajstić information content (AvgIpc) is 2.78. The van der Waals surface area contributed by atoms with Crippen LogP contribution in [0.3, 0.4) is 0 Å². The number of alkyl halides is 1. The number of hydrogen-bond donors (Lipinski definition) is 2. The number of nitrogens with one attached hydrogen (secondary N) is 1. The summed E-state index contributed by atoms with van der Waals surface area (Å²) in [5.41, 5.74) is -0.116. The Labute approximate surface area is 114 Å². The predicted molar refractivity (Wildman–Crippen MR) is 70.7 cm³/mol. The molecule has 19 heavy (non-hydrogen) atoms. The van der Waals surface area contributed by atoms with E-state index in [0.717, 1.165) is 0 Å². The van der Waals surface area contributed by atoms with Crippen molar-refractivity contribution < 1.29 is 14.6 Å². The topological polar surface area (TPSA) is 88.1 Å². The molecule has 2 aromatic heterocycles. The van der Waals surface area contributed by atoms with Gasteiger partial charge in [0.25, 0.3) is 0 Å². The summed E-state index contributed by atoms with van der Waals surface area (Å²) < 4.78 is 5.46. The smallest absolute Gasteiger partial charge is 0.226 e. The molecule has 0 aliphatic heterocycles. The zero-order chi connectivity index (χ0) is 14.0. The van der Waals surface area contributed by atoms with E-state index in [0.29, 0.717) is 16.6 Å². The number of H-pyrrole nitrogens is 1. The number of halogens is 1. The maximum atomic E-state index is 11.7. The van der Waals surface area contributed by atoms with Gasteiger partial charge in [0, 0.05) is 6.20 Å². The van der Waals surface area contributed by atoms with Gasteiger partial charge in [-0.05, 0) is 13.8 Å². The van der Waals surface area contributed by atoms with E-state index < -0.39 is 5.60 Å². The third-order valence-corrected chi connectivity index (χ3v) is 2.66. The summed E-state index contributed by atoms with van der Waals surface area (Å²) in [6.45, 7) is 3.29. The Morgan fingerprint density at radius 2 is 2.26 bits per heavy atom. The second-order valence-corrected chi connectivity index (χ2v) is 5.03. The van der Waals surface area contributed by atoms with E-state index in [1.807, 2.05) is 0 Å². The highest BCUT2D eigenvalue weighted by molar-refractivity contribution is 6.32. The summed E-state index contributed by atoms with van der Waals surface area (Å²) >= 11 is 5.56. The molecule has 0 aliphatic carbocycles. The normalized spacial score (nSPS) is 11.8. The number of aromatic nitrogens is 3. The van der Waals surface area contributed by atoms with Gasteiger partial charge >= 0.3 is 0 Å². The number of ether oxygens (including phenoxy) is 1. The lowest BCUT2D eigenvalue weighted by Gasteiger charge is -2.17. The number of aliphatic hydroxyl groups is 1. The van der Waals surface area contributed by atoms with Gasteiger partial charge in [0.1, 0.15) is 18.6 Å². The Morgan fingerprint density at radius 1 is 1.53 bits per heavy atom. The Hall–Kier alpha value is -1.66. The number of rotatable bonds is 5. The molecular weight excluding hydrogens is 270 g/mol. The van der Waals surface area contributed by atoms with Crippen LogP contribution in [0.25, 0.3) is 11.0 Å². The molecule has 0 bridgehead atoms. The fourth-order valence-corrected chi connectivity index (χ4v) is 1.72. The number of fused-ring (bicyclic) bond motifs is 1. The van der Waals surface area contributed by atoms with Gasteiger partial charge in [-0.25, -0.2) is 9.97 Å². The van der Waals surface area contributed by atoms with Gasteiger partial charge < -0.3 is 14.8 Å². The van der Waals surface area contributed by atoms with Crippen molar-refractivity contribution in [3.63, 3.8) is 0 Å². The van der Waals surface area contributed by atoms with Gasteiger partial charge in [-0.2, -0.15) is 0 Å². The van der Waals surface area contributed by atoms with Crippen molar-refractivity contribution in [2.75, 3.05) is 12.5 Å². The summed E-state index contributed by atoms with van der Waals surface area (Å²) in [7, 11) is 0. The molecular formula is C12H14ClN3O3. The molecule has 6 nitrogen and oxygen atoms in total. The van der Waals surface area contributed by atoms with E-state index in [1.54, 1.807) is 13.8 Å². The third-order valence-electron chi connectivity index (χ3n) is 2.42. The maximum Gasteiger partial charge on any atom is 0.226 e. The molecule has 2 aromatic rings. The zero-order valence-electron chi connectivity index (χ0n) is 10.6. The molecule has 0 unspecified atom stereocenters. The Bertz CT molecular complexity index is 604. The number of carbonyl (C=O) groups is 1. The monoisotopic (exact) mass is 283 g/mol. The molecule has 0 saturated heterocycles. The minimum atomic E-state index is -0.996. The second kappa shape index (κ2) is 5.14. The molecule has 0 amide bonds. The molecule has 0 saturated carbocycles. The van der Waals surface area contributed by atoms with Crippen LogP contribution in [0.2, 0.25) is 0 Å².